The molecule has 3 aromatic heterocycles. The first-order valence-electron chi connectivity index (χ1n) is 8.07. The number of ether oxygens (including phenoxy) is 1. The maximum Gasteiger partial charge on any atom is 0.213 e. The van der Waals surface area contributed by atoms with Gasteiger partial charge in [0, 0.05) is 18.5 Å². The fraction of sp³-hybridized carbons (Fsp3) is 0.100. The number of aromatic nitrogens is 3. The summed E-state index contributed by atoms with van der Waals surface area (Å²) in [5, 5.41) is 10.5. The number of fused-ring (bicyclic) bond motifs is 1. The average Bonchev–Trinajstić information content (AvgIpc) is 3.12. The summed E-state index contributed by atoms with van der Waals surface area (Å²) in [6.07, 6.45) is 3.38. The third-order valence-corrected chi connectivity index (χ3v) is 4.97. The van der Waals surface area contributed by atoms with E-state index in [1.54, 1.807) is 18.5 Å². The first kappa shape index (κ1) is 16.2. The van der Waals surface area contributed by atoms with Crippen molar-refractivity contribution in [1.29, 1.82) is 5.26 Å². The number of thiazole rings is 1. The van der Waals surface area contributed by atoms with Gasteiger partial charge in [-0.15, -0.1) is 11.3 Å². The van der Waals surface area contributed by atoms with Gasteiger partial charge in [-0.2, -0.15) is 5.26 Å². The van der Waals surface area contributed by atoms with Crippen LogP contribution in [0, 0.1) is 11.3 Å². The number of hydrogen-bond donors (Lipinski definition) is 0. The number of rotatable bonds is 5. The molecule has 0 aliphatic rings. The molecule has 1 unspecified atom stereocenters. The average molecular weight is 358 g/mol. The highest BCUT2D eigenvalue weighted by molar-refractivity contribution is 7.18. The Balaban J connectivity index is 1.58. The molecule has 0 spiro atoms. The number of benzene rings is 1. The van der Waals surface area contributed by atoms with E-state index in [4.69, 9.17) is 4.74 Å². The predicted molar refractivity (Wildman–Crippen MR) is 99.9 cm³/mol. The lowest BCUT2D eigenvalue weighted by atomic mass is 10.0. The molecular weight excluding hydrogens is 344 g/mol. The second-order valence-corrected chi connectivity index (χ2v) is 6.68. The molecule has 1 atom stereocenters. The SMILES string of the molecule is N#CC(c1ccnc(OCc2ccccn2)c1)c1nc2ccccc2s1. The van der Waals surface area contributed by atoms with Crippen LogP contribution in [0.2, 0.25) is 0 Å². The number of nitriles is 1. The number of nitrogens with zero attached hydrogens (tertiary/aromatic N) is 4. The second kappa shape index (κ2) is 7.30. The highest BCUT2D eigenvalue weighted by Crippen LogP contribution is 2.32. The van der Waals surface area contributed by atoms with Gasteiger partial charge in [-0.05, 0) is 35.9 Å². The topological polar surface area (TPSA) is 71.7 Å². The zero-order chi connectivity index (χ0) is 17.8. The van der Waals surface area contributed by atoms with E-state index in [0.29, 0.717) is 12.5 Å². The Morgan fingerprint density at radius 3 is 2.73 bits per heavy atom. The van der Waals surface area contributed by atoms with Crippen molar-refractivity contribution in [3.8, 4) is 11.9 Å². The van der Waals surface area contributed by atoms with Crippen molar-refractivity contribution in [3.05, 3.63) is 83.3 Å². The Morgan fingerprint density at radius 1 is 1.04 bits per heavy atom. The minimum atomic E-state index is -0.451. The first-order chi connectivity index (χ1) is 12.8. The summed E-state index contributed by atoms with van der Waals surface area (Å²) in [6.45, 7) is 0.329. The summed E-state index contributed by atoms with van der Waals surface area (Å²) in [4.78, 5) is 13.1. The van der Waals surface area contributed by atoms with Crippen molar-refractivity contribution >= 4 is 21.6 Å². The van der Waals surface area contributed by atoms with Crippen molar-refractivity contribution in [2.75, 3.05) is 0 Å². The van der Waals surface area contributed by atoms with E-state index in [2.05, 4.69) is 21.0 Å². The Morgan fingerprint density at radius 2 is 1.92 bits per heavy atom. The van der Waals surface area contributed by atoms with E-state index in [1.807, 2.05) is 48.5 Å². The maximum atomic E-state index is 9.70. The molecule has 0 bridgehead atoms. The Hall–Kier alpha value is -3.30. The lowest BCUT2D eigenvalue weighted by Gasteiger charge is -2.09. The molecule has 0 amide bonds. The normalized spacial score (nSPS) is 11.8. The van der Waals surface area contributed by atoms with Crippen molar-refractivity contribution in [2.24, 2.45) is 0 Å². The summed E-state index contributed by atoms with van der Waals surface area (Å²) in [6, 6.07) is 19.5. The van der Waals surface area contributed by atoms with E-state index in [0.717, 1.165) is 26.5 Å². The van der Waals surface area contributed by atoms with E-state index < -0.39 is 5.92 Å². The molecular formula is C20H14N4OS. The molecule has 1 aromatic carbocycles. The summed E-state index contributed by atoms with van der Waals surface area (Å²) >= 11 is 1.54. The number of pyridine rings is 2. The van der Waals surface area contributed by atoms with Crippen molar-refractivity contribution < 1.29 is 4.74 Å². The minimum absolute atomic E-state index is 0.329. The molecule has 4 aromatic rings. The van der Waals surface area contributed by atoms with Crippen LogP contribution in [0.5, 0.6) is 5.88 Å². The summed E-state index contributed by atoms with van der Waals surface area (Å²) in [5.74, 6) is 0.0158. The summed E-state index contributed by atoms with van der Waals surface area (Å²) in [7, 11) is 0. The Kier molecular flexibility index (Phi) is 4.54. The van der Waals surface area contributed by atoms with Crippen LogP contribution >= 0.6 is 11.3 Å². The molecule has 26 heavy (non-hydrogen) atoms. The van der Waals surface area contributed by atoms with Crippen LogP contribution < -0.4 is 4.74 Å². The molecule has 0 N–H and O–H groups in total. The molecule has 4 rings (SSSR count). The van der Waals surface area contributed by atoms with Gasteiger partial charge in [-0.1, -0.05) is 18.2 Å². The smallest absolute Gasteiger partial charge is 0.213 e. The molecule has 3 heterocycles. The monoisotopic (exact) mass is 358 g/mol. The molecule has 0 saturated carbocycles. The first-order valence-corrected chi connectivity index (χ1v) is 8.89. The van der Waals surface area contributed by atoms with E-state index >= 15 is 0 Å². The van der Waals surface area contributed by atoms with E-state index in [9.17, 15) is 5.26 Å². The van der Waals surface area contributed by atoms with Gasteiger partial charge in [0.15, 0.2) is 0 Å². The molecule has 6 heteroatoms. The van der Waals surface area contributed by atoms with Gasteiger partial charge in [0.2, 0.25) is 5.88 Å². The van der Waals surface area contributed by atoms with Crippen molar-refractivity contribution in [1.82, 2.24) is 15.0 Å². The molecule has 0 aliphatic heterocycles. The van der Waals surface area contributed by atoms with Gasteiger partial charge in [-0.3, -0.25) is 4.98 Å². The van der Waals surface area contributed by atoms with E-state index in [1.165, 1.54) is 11.3 Å². The molecule has 5 nitrogen and oxygen atoms in total. The highest BCUT2D eigenvalue weighted by atomic mass is 32.1. The van der Waals surface area contributed by atoms with Crippen LogP contribution in [0.3, 0.4) is 0 Å². The van der Waals surface area contributed by atoms with Crippen LogP contribution in [-0.4, -0.2) is 15.0 Å². The molecule has 126 valence electrons. The van der Waals surface area contributed by atoms with Gasteiger partial charge in [0.05, 0.1) is 22.0 Å². The fourth-order valence-electron chi connectivity index (χ4n) is 2.60. The second-order valence-electron chi connectivity index (χ2n) is 5.62. The largest absolute Gasteiger partial charge is 0.471 e. The third kappa shape index (κ3) is 3.39. The van der Waals surface area contributed by atoms with Crippen LogP contribution in [0.4, 0.5) is 0 Å². The third-order valence-electron chi connectivity index (χ3n) is 3.87. The van der Waals surface area contributed by atoms with Gasteiger partial charge in [-0.25, -0.2) is 9.97 Å². The minimum Gasteiger partial charge on any atom is -0.471 e. The number of hydrogen-bond acceptors (Lipinski definition) is 6. The maximum absolute atomic E-state index is 9.70. The van der Waals surface area contributed by atoms with Gasteiger partial charge in [0.25, 0.3) is 0 Å². The van der Waals surface area contributed by atoms with Crippen LogP contribution in [0.25, 0.3) is 10.2 Å². The lowest BCUT2D eigenvalue weighted by Crippen LogP contribution is -2.02. The Bertz CT molecular complexity index is 1040. The molecule has 0 fully saturated rings. The van der Waals surface area contributed by atoms with Crippen LogP contribution in [0.15, 0.2) is 67.0 Å². The quantitative estimate of drug-likeness (QED) is 0.531. The summed E-state index contributed by atoms with van der Waals surface area (Å²) in [5.41, 5.74) is 2.55. The van der Waals surface area contributed by atoms with Crippen molar-refractivity contribution in [3.63, 3.8) is 0 Å². The molecule has 0 saturated heterocycles. The van der Waals surface area contributed by atoms with Gasteiger partial charge < -0.3 is 4.74 Å². The Labute approximate surface area is 154 Å². The zero-order valence-corrected chi connectivity index (χ0v) is 14.6. The van der Waals surface area contributed by atoms with Crippen LogP contribution in [-0.2, 0) is 6.61 Å². The van der Waals surface area contributed by atoms with Gasteiger partial charge in [0.1, 0.15) is 17.5 Å². The van der Waals surface area contributed by atoms with Crippen LogP contribution in [0.1, 0.15) is 22.2 Å². The number of para-hydroxylation sites is 1. The fourth-order valence-corrected chi connectivity index (χ4v) is 3.64. The standard InChI is InChI=1S/C20H14N4OS/c21-12-16(20-24-17-6-1-2-7-18(17)26-20)14-8-10-23-19(11-14)25-13-15-5-3-4-9-22-15/h1-11,16H,13H2. The predicted octanol–water partition coefficient (Wildman–Crippen LogP) is 4.32. The molecule has 0 aliphatic carbocycles. The van der Waals surface area contributed by atoms with Gasteiger partial charge >= 0.3 is 0 Å². The zero-order valence-electron chi connectivity index (χ0n) is 13.7. The van der Waals surface area contributed by atoms with E-state index in [-0.39, 0.29) is 0 Å². The highest BCUT2D eigenvalue weighted by Gasteiger charge is 2.19. The molecule has 0 radical (unpaired) electrons. The summed E-state index contributed by atoms with van der Waals surface area (Å²) < 4.78 is 6.79. The van der Waals surface area contributed by atoms with Crippen molar-refractivity contribution in [2.45, 2.75) is 12.5 Å². The lowest BCUT2D eigenvalue weighted by molar-refractivity contribution is 0.289.